The van der Waals surface area contributed by atoms with E-state index in [2.05, 4.69) is 5.32 Å². The van der Waals surface area contributed by atoms with Crippen LogP contribution in [0, 0.1) is 5.41 Å². The predicted molar refractivity (Wildman–Crippen MR) is 144 cm³/mol. The topological polar surface area (TPSA) is 119 Å². The molecule has 8 nitrogen and oxygen atoms in total. The summed E-state index contributed by atoms with van der Waals surface area (Å²) in [6.07, 6.45) is -0.636. The zero-order valence-corrected chi connectivity index (χ0v) is 20.3. The van der Waals surface area contributed by atoms with Gasteiger partial charge in [-0.25, -0.2) is 14.8 Å². The monoisotopic (exact) mass is 490 g/mol. The van der Waals surface area contributed by atoms with E-state index in [9.17, 15) is 10.2 Å². The van der Waals surface area contributed by atoms with Crippen molar-refractivity contribution in [2.75, 3.05) is 17.7 Å². The van der Waals surface area contributed by atoms with E-state index in [1.807, 2.05) is 95.6 Å². The lowest BCUT2D eigenvalue weighted by molar-refractivity contribution is 0.168. The average molecular weight is 491 g/mol. The molecular formula is C29H26N6O2. The molecule has 2 heterocycles. The normalized spacial score (nSPS) is 11.0. The lowest BCUT2D eigenvalue weighted by Gasteiger charge is -2.25. The molecule has 0 spiro atoms. The number of pyridine rings is 1. The molecule has 0 atom stereocenters. The zero-order valence-electron chi connectivity index (χ0n) is 20.3. The van der Waals surface area contributed by atoms with Crippen LogP contribution in [0.5, 0.6) is 0 Å². The molecule has 0 fully saturated rings. The minimum absolute atomic E-state index is 0.164. The highest BCUT2D eigenvalue weighted by Crippen LogP contribution is 2.31. The summed E-state index contributed by atoms with van der Waals surface area (Å²) in [6, 6.07) is 30.5. The van der Waals surface area contributed by atoms with Crippen molar-refractivity contribution in [2.45, 2.75) is 13.0 Å². The highest BCUT2D eigenvalue weighted by molar-refractivity contribution is 5.91. The number of carbonyl (C=O) groups is 1. The van der Waals surface area contributed by atoms with E-state index in [1.54, 1.807) is 13.0 Å². The van der Waals surface area contributed by atoms with Crippen LogP contribution in [0.2, 0.25) is 0 Å². The molecule has 0 unspecified atom stereocenters. The van der Waals surface area contributed by atoms with Gasteiger partial charge in [0.2, 0.25) is 0 Å². The summed E-state index contributed by atoms with van der Waals surface area (Å²) in [5.74, 6) is 0.214. The van der Waals surface area contributed by atoms with Crippen LogP contribution in [0.3, 0.4) is 0 Å². The van der Waals surface area contributed by atoms with Crippen LogP contribution in [0.4, 0.5) is 16.3 Å². The molecule has 184 valence electrons. The fraction of sp³-hybridized carbons (Fsp3) is 0.103. The summed E-state index contributed by atoms with van der Waals surface area (Å²) >= 11 is 0. The first-order valence-electron chi connectivity index (χ1n) is 11.9. The summed E-state index contributed by atoms with van der Waals surface area (Å²) in [7, 11) is 0. The molecule has 8 heteroatoms. The van der Waals surface area contributed by atoms with Gasteiger partial charge in [0.15, 0.2) is 11.1 Å². The Balaban J connectivity index is 1.86. The molecule has 0 radical (unpaired) electrons. The molecular weight excluding hydrogens is 464 g/mol. The number of ether oxygens (including phenoxy) is 1. The number of benzene rings is 3. The predicted octanol–water partition coefficient (Wildman–Crippen LogP) is 5.37. The van der Waals surface area contributed by atoms with E-state index in [1.165, 1.54) is 0 Å². The van der Waals surface area contributed by atoms with Gasteiger partial charge >= 0.3 is 6.09 Å². The maximum absolute atomic E-state index is 12.2. The van der Waals surface area contributed by atoms with Crippen LogP contribution in [0.25, 0.3) is 22.4 Å². The number of nitrogens with zero attached hydrogens (tertiary/aromatic N) is 3. The van der Waals surface area contributed by atoms with Crippen molar-refractivity contribution in [1.82, 2.24) is 14.5 Å². The summed E-state index contributed by atoms with van der Waals surface area (Å²) in [4.78, 5) is 21.7. The van der Waals surface area contributed by atoms with E-state index in [0.717, 1.165) is 16.7 Å². The van der Waals surface area contributed by atoms with Crippen molar-refractivity contribution < 1.29 is 9.53 Å². The zero-order chi connectivity index (χ0) is 25.8. The second kappa shape index (κ2) is 10.3. The van der Waals surface area contributed by atoms with Gasteiger partial charge in [-0.1, -0.05) is 91.0 Å². The van der Waals surface area contributed by atoms with Crippen molar-refractivity contribution in [2.24, 2.45) is 0 Å². The number of amides is 1. The Kier molecular flexibility index (Phi) is 6.63. The summed E-state index contributed by atoms with van der Waals surface area (Å²) in [5, 5.41) is 12.0. The molecule has 0 aliphatic heterocycles. The highest BCUT2D eigenvalue weighted by atomic mass is 16.5. The number of nitrogen functional groups attached to an aromatic ring is 1. The molecule has 0 bridgehead atoms. The first kappa shape index (κ1) is 23.7. The molecule has 4 N–H and O–H groups in total. The molecule has 0 aliphatic rings. The van der Waals surface area contributed by atoms with Crippen LogP contribution in [-0.4, -0.2) is 27.2 Å². The fourth-order valence-electron chi connectivity index (χ4n) is 4.36. The minimum atomic E-state index is -0.636. The van der Waals surface area contributed by atoms with Crippen molar-refractivity contribution in [3.63, 3.8) is 0 Å². The minimum Gasteiger partial charge on any atom is -0.450 e. The smallest absolute Gasteiger partial charge is 0.412 e. The van der Waals surface area contributed by atoms with E-state index in [4.69, 9.17) is 20.4 Å². The van der Waals surface area contributed by atoms with Gasteiger partial charge in [0, 0.05) is 11.6 Å². The highest BCUT2D eigenvalue weighted by Gasteiger charge is 2.24. The number of anilines is 2. The van der Waals surface area contributed by atoms with E-state index in [0.29, 0.717) is 22.5 Å². The summed E-state index contributed by atoms with van der Waals surface area (Å²) in [6.45, 7) is 1.94. The number of hydrogen-bond acceptors (Lipinski definition) is 6. The second-order valence-corrected chi connectivity index (χ2v) is 8.38. The van der Waals surface area contributed by atoms with Gasteiger partial charge in [-0.3, -0.25) is 15.3 Å². The molecule has 5 aromatic rings. The van der Waals surface area contributed by atoms with Crippen LogP contribution in [-0.2, 0) is 4.74 Å². The number of fused-ring (bicyclic) bond motifs is 1. The molecule has 2 aromatic heterocycles. The summed E-state index contributed by atoms with van der Waals surface area (Å²) in [5.41, 5.74) is 11.0. The number of nitrogens with two attached hydrogens (primary N) is 1. The van der Waals surface area contributed by atoms with Crippen LogP contribution in [0.1, 0.15) is 24.1 Å². The SMILES string of the molecule is CCOC(=O)Nc1cc(N)c2nc(-c3ccccc3)c(=N)n(C(c3ccccc3)c3ccccc3)c2n1. The summed E-state index contributed by atoms with van der Waals surface area (Å²) < 4.78 is 6.85. The van der Waals surface area contributed by atoms with Gasteiger partial charge in [0.25, 0.3) is 0 Å². The lowest BCUT2D eigenvalue weighted by Crippen LogP contribution is -2.30. The lowest BCUT2D eigenvalue weighted by atomic mass is 9.98. The van der Waals surface area contributed by atoms with Crippen molar-refractivity contribution >= 4 is 28.8 Å². The molecule has 0 saturated carbocycles. The number of hydrogen-bond donors (Lipinski definition) is 3. The first-order valence-corrected chi connectivity index (χ1v) is 11.9. The second-order valence-electron chi connectivity index (χ2n) is 8.38. The van der Waals surface area contributed by atoms with Gasteiger partial charge in [-0.05, 0) is 18.1 Å². The van der Waals surface area contributed by atoms with Gasteiger partial charge in [-0.2, -0.15) is 0 Å². The first-order chi connectivity index (χ1) is 18.1. The van der Waals surface area contributed by atoms with Gasteiger partial charge < -0.3 is 10.5 Å². The maximum atomic E-state index is 12.2. The Morgan fingerprint density at radius 2 is 1.51 bits per heavy atom. The molecule has 5 rings (SSSR count). The van der Waals surface area contributed by atoms with Gasteiger partial charge in [0.1, 0.15) is 17.0 Å². The van der Waals surface area contributed by atoms with Crippen molar-refractivity contribution in [3.8, 4) is 11.3 Å². The van der Waals surface area contributed by atoms with Gasteiger partial charge in [-0.15, -0.1) is 0 Å². The van der Waals surface area contributed by atoms with Gasteiger partial charge in [0.05, 0.1) is 18.3 Å². The maximum Gasteiger partial charge on any atom is 0.412 e. The third-order valence-electron chi connectivity index (χ3n) is 5.96. The largest absolute Gasteiger partial charge is 0.450 e. The number of nitrogens with one attached hydrogen (secondary N) is 2. The quantitative estimate of drug-likeness (QED) is 0.296. The van der Waals surface area contributed by atoms with E-state index >= 15 is 0 Å². The third-order valence-corrected chi connectivity index (χ3v) is 5.96. The standard InChI is InChI=1S/C29H26N6O2/c1-2-37-29(36)33-23-18-22(30)25-28(32-23)35(27(31)24(34-25)19-12-6-3-7-13-19)26(20-14-8-4-9-15-20)21-16-10-5-11-17-21/h3-18,26,31H,2H2,1H3,(H3,30,32,33,36). The molecule has 37 heavy (non-hydrogen) atoms. The Morgan fingerprint density at radius 3 is 2.08 bits per heavy atom. The van der Waals surface area contributed by atoms with E-state index in [-0.39, 0.29) is 17.9 Å². The molecule has 0 saturated heterocycles. The molecule has 0 aliphatic carbocycles. The molecule has 3 aromatic carbocycles. The Labute approximate surface area is 213 Å². The number of carbonyl (C=O) groups excluding carboxylic acids is 1. The third kappa shape index (κ3) is 4.77. The molecule has 1 amide bonds. The van der Waals surface area contributed by atoms with Crippen molar-refractivity contribution in [1.29, 1.82) is 5.41 Å². The van der Waals surface area contributed by atoms with Crippen LogP contribution < -0.4 is 16.5 Å². The van der Waals surface area contributed by atoms with Crippen molar-refractivity contribution in [3.05, 3.63) is 114 Å². The average Bonchev–Trinajstić information content (AvgIpc) is 2.92. The Morgan fingerprint density at radius 1 is 0.946 bits per heavy atom. The fourth-order valence-corrected chi connectivity index (χ4v) is 4.36. The number of aromatic nitrogens is 3. The van der Waals surface area contributed by atoms with Crippen LogP contribution in [0.15, 0.2) is 97.1 Å². The Hall–Kier alpha value is -4.98. The Bertz CT molecular complexity index is 1560. The number of rotatable bonds is 6. The van der Waals surface area contributed by atoms with E-state index < -0.39 is 12.1 Å². The van der Waals surface area contributed by atoms with Crippen LogP contribution >= 0.6 is 0 Å².